The molecule has 0 amide bonds. The molecule has 92 valence electrons. The number of methoxy groups -OCH3 is 1. The van der Waals surface area contributed by atoms with Gasteiger partial charge in [0.05, 0.1) is 12.7 Å². The molecule has 0 aromatic heterocycles. The molecule has 1 saturated carbocycles. The fourth-order valence-electron chi connectivity index (χ4n) is 2.52. The third-order valence-corrected chi connectivity index (χ3v) is 4.15. The van der Waals surface area contributed by atoms with Crippen LogP contribution < -0.4 is 0 Å². The van der Waals surface area contributed by atoms with Crippen LogP contribution in [0.4, 0.5) is 0 Å². The largest absolute Gasteiger partial charge is 0.465 e. The zero-order valence-corrected chi connectivity index (χ0v) is 11.6. The molecule has 1 aromatic rings. The second kappa shape index (κ2) is 5.67. The van der Waals surface area contributed by atoms with Crippen LogP contribution in [0.1, 0.15) is 53.9 Å². The van der Waals surface area contributed by atoms with Gasteiger partial charge in [-0.2, -0.15) is 0 Å². The van der Waals surface area contributed by atoms with Gasteiger partial charge < -0.3 is 4.74 Å². The number of benzene rings is 1. The molecule has 1 fully saturated rings. The molecule has 0 atom stereocenters. The minimum Gasteiger partial charge on any atom is -0.465 e. The van der Waals surface area contributed by atoms with Crippen LogP contribution in [0.15, 0.2) is 22.7 Å². The van der Waals surface area contributed by atoms with Gasteiger partial charge in [-0.05, 0) is 36.5 Å². The van der Waals surface area contributed by atoms with Gasteiger partial charge in [0.25, 0.3) is 0 Å². The molecule has 0 heterocycles. The number of hydrogen-bond donors (Lipinski definition) is 0. The molecule has 1 aromatic carbocycles. The number of carbonyl (C=O) groups is 1. The third kappa shape index (κ3) is 2.89. The van der Waals surface area contributed by atoms with Gasteiger partial charge in [0, 0.05) is 4.47 Å². The van der Waals surface area contributed by atoms with E-state index in [2.05, 4.69) is 22.0 Å². The van der Waals surface area contributed by atoms with E-state index in [1.807, 2.05) is 12.1 Å². The molecule has 0 N–H and O–H groups in total. The van der Waals surface area contributed by atoms with Crippen molar-refractivity contribution in [1.29, 1.82) is 0 Å². The Morgan fingerprint density at radius 2 is 2.00 bits per heavy atom. The van der Waals surface area contributed by atoms with Gasteiger partial charge in [0.1, 0.15) is 0 Å². The average molecular weight is 297 g/mol. The van der Waals surface area contributed by atoms with Gasteiger partial charge >= 0.3 is 5.97 Å². The normalized spacial score (nSPS) is 16.8. The van der Waals surface area contributed by atoms with E-state index in [0.717, 1.165) is 4.47 Å². The lowest BCUT2D eigenvalue weighted by Crippen LogP contribution is -2.07. The van der Waals surface area contributed by atoms with Gasteiger partial charge in [-0.3, -0.25) is 0 Å². The van der Waals surface area contributed by atoms with Crippen molar-refractivity contribution in [3.63, 3.8) is 0 Å². The molecule has 0 radical (unpaired) electrons. The van der Waals surface area contributed by atoms with Crippen molar-refractivity contribution in [1.82, 2.24) is 0 Å². The summed E-state index contributed by atoms with van der Waals surface area (Å²) in [4.78, 5) is 11.4. The topological polar surface area (TPSA) is 26.3 Å². The summed E-state index contributed by atoms with van der Waals surface area (Å²) in [6, 6.07) is 5.79. The SMILES string of the molecule is COC(=O)c1ccc(C2CCCCC2)c(Br)c1. The van der Waals surface area contributed by atoms with E-state index in [0.29, 0.717) is 11.5 Å². The maximum absolute atomic E-state index is 11.4. The van der Waals surface area contributed by atoms with Crippen LogP contribution in [0.3, 0.4) is 0 Å². The molecule has 0 bridgehead atoms. The molecule has 0 aliphatic heterocycles. The molecule has 1 aliphatic carbocycles. The summed E-state index contributed by atoms with van der Waals surface area (Å²) < 4.78 is 5.75. The summed E-state index contributed by atoms with van der Waals surface area (Å²) in [7, 11) is 1.41. The lowest BCUT2D eigenvalue weighted by atomic mass is 9.84. The summed E-state index contributed by atoms with van der Waals surface area (Å²) in [6.45, 7) is 0. The summed E-state index contributed by atoms with van der Waals surface area (Å²) in [5, 5.41) is 0. The van der Waals surface area contributed by atoms with Gasteiger partial charge in [-0.15, -0.1) is 0 Å². The van der Waals surface area contributed by atoms with Crippen LogP contribution in [-0.2, 0) is 4.74 Å². The highest BCUT2D eigenvalue weighted by Crippen LogP contribution is 2.36. The molecule has 0 saturated heterocycles. The lowest BCUT2D eigenvalue weighted by molar-refractivity contribution is 0.0600. The number of ether oxygens (including phenoxy) is 1. The van der Waals surface area contributed by atoms with Crippen molar-refractivity contribution in [3.05, 3.63) is 33.8 Å². The number of halogens is 1. The summed E-state index contributed by atoms with van der Waals surface area (Å²) in [5.41, 5.74) is 1.94. The molecule has 17 heavy (non-hydrogen) atoms. The third-order valence-electron chi connectivity index (χ3n) is 3.47. The van der Waals surface area contributed by atoms with Crippen LogP contribution in [-0.4, -0.2) is 13.1 Å². The molecule has 1 aliphatic rings. The Labute approximate surface area is 110 Å². The Bertz CT molecular complexity index is 409. The van der Waals surface area contributed by atoms with Crippen LogP contribution in [0.25, 0.3) is 0 Å². The monoisotopic (exact) mass is 296 g/mol. The highest BCUT2D eigenvalue weighted by atomic mass is 79.9. The van der Waals surface area contributed by atoms with E-state index in [1.54, 1.807) is 0 Å². The highest BCUT2D eigenvalue weighted by molar-refractivity contribution is 9.10. The van der Waals surface area contributed by atoms with E-state index in [4.69, 9.17) is 4.74 Å². The number of hydrogen-bond acceptors (Lipinski definition) is 2. The first kappa shape index (κ1) is 12.6. The summed E-state index contributed by atoms with van der Waals surface area (Å²) >= 11 is 3.57. The van der Waals surface area contributed by atoms with Crippen LogP contribution in [0, 0.1) is 0 Å². The molecular weight excluding hydrogens is 280 g/mol. The predicted molar refractivity (Wildman–Crippen MR) is 71.3 cm³/mol. The quantitative estimate of drug-likeness (QED) is 0.761. The molecular formula is C14H17BrO2. The smallest absolute Gasteiger partial charge is 0.337 e. The van der Waals surface area contributed by atoms with Crippen molar-refractivity contribution in [3.8, 4) is 0 Å². The first-order valence-electron chi connectivity index (χ1n) is 6.10. The minimum absolute atomic E-state index is 0.277. The second-order valence-electron chi connectivity index (χ2n) is 4.56. The molecule has 0 unspecified atom stereocenters. The molecule has 0 spiro atoms. The zero-order valence-electron chi connectivity index (χ0n) is 10.0. The Morgan fingerprint density at radius 1 is 1.29 bits per heavy atom. The maximum Gasteiger partial charge on any atom is 0.337 e. The predicted octanol–water partition coefficient (Wildman–Crippen LogP) is 4.28. The Morgan fingerprint density at radius 3 is 2.59 bits per heavy atom. The highest BCUT2D eigenvalue weighted by Gasteiger charge is 2.18. The van der Waals surface area contributed by atoms with Crippen molar-refractivity contribution in [2.45, 2.75) is 38.0 Å². The van der Waals surface area contributed by atoms with E-state index < -0.39 is 0 Å². The Hall–Kier alpha value is -0.830. The summed E-state index contributed by atoms with van der Waals surface area (Å²) in [5.74, 6) is 0.366. The van der Waals surface area contributed by atoms with Crippen molar-refractivity contribution in [2.75, 3.05) is 7.11 Å². The van der Waals surface area contributed by atoms with Crippen molar-refractivity contribution < 1.29 is 9.53 Å². The summed E-state index contributed by atoms with van der Waals surface area (Å²) in [6.07, 6.45) is 6.51. The van der Waals surface area contributed by atoms with Crippen LogP contribution >= 0.6 is 15.9 Å². The van der Waals surface area contributed by atoms with E-state index in [1.165, 1.54) is 44.8 Å². The lowest BCUT2D eigenvalue weighted by Gasteiger charge is -2.23. The zero-order chi connectivity index (χ0) is 12.3. The van der Waals surface area contributed by atoms with Gasteiger partial charge in [0.15, 0.2) is 0 Å². The fourth-order valence-corrected chi connectivity index (χ4v) is 3.22. The average Bonchev–Trinajstić information content (AvgIpc) is 2.38. The van der Waals surface area contributed by atoms with Crippen LogP contribution in [0.2, 0.25) is 0 Å². The van der Waals surface area contributed by atoms with E-state index in [-0.39, 0.29) is 5.97 Å². The molecule has 2 rings (SSSR count). The Kier molecular flexibility index (Phi) is 4.21. The standard InChI is InChI=1S/C14H17BrO2/c1-17-14(16)11-7-8-12(13(15)9-11)10-5-3-2-4-6-10/h7-10H,2-6H2,1H3. The Balaban J connectivity index is 2.21. The van der Waals surface area contributed by atoms with Crippen molar-refractivity contribution >= 4 is 21.9 Å². The molecule has 2 nitrogen and oxygen atoms in total. The van der Waals surface area contributed by atoms with Crippen LogP contribution in [0.5, 0.6) is 0 Å². The first-order chi connectivity index (χ1) is 8.22. The van der Waals surface area contributed by atoms with E-state index in [9.17, 15) is 4.79 Å². The first-order valence-corrected chi connectivity index (χ1v) is 6.89. The minimum atomic E-state index is -0.277. The fraction of sp³-hybridized carbons (Fsp3) is 0.500. The van der Waals surface area contributed by atoms with Gasteiger partial charge in [0.2, 0.25) is 0 Å². The van der Waals surface area contributed by atoms with Crippen molar-refractivity contribution in [2.24, 2.45) is 0 Å². The van der Waals surface area contributed by atoms with Gasteiger partial charge in [-0.25, -0.2) is 4.79 Å². The number of esters is 1. The maximum atomic E-state index is 11.4. The number of rotatable bonds is 2. The second-order valence-corrected chi connectivity index (χ2v) is 5.42. The molecule has 3 heteroatoms. The van der Waals surface area contributed by atoms with Gasteiger partial charge in [-0.1, -0.05) is 41.3 Å². The number of carbonyl (C=O) groups excluding carboxylic acids is 1. The van der Waals surface area contributed by atoms with E-state index >= 15 is 0 Å².